The summed E-state index contributed by atoms with van der Waals surface area (Å²) in [5.41, 5.74) is 1.09. The summed E-state index contributed by atoms with van der Waals surface area (Å²) >= 11 is 5.96. The average molecular weight is 702 g/mol. The van der Waals surface area contributed by atoms with Crippen molar-refractivity contribution in [2.24, 2.45) is 15.4 Å². The van der Waals surface area contributed by atoms with Crippen LogP contribution in [0.15, 0.2) is 62.5 Å². The van der Waals surface area contributed by atoms with Gasteiger partial charge in [-0.15, -0.1) is 5.11 Å². The van der Waals surface area contributed by atoms with Gasteiger partial charge in [-0.25, -0.2) is 26.7 Å². The number of phenolic OH excluding ortho intramolecular Hbond substituents is 1. The molecule has 0 heterocycles. The van der Waals surface area contributed by atoms with Crippen molar-refractivity contribution in [1.82, 2.24) is 4.72 Å². The van der Waals surface area contributed by atoms with Crippen LogP contribution in [0.1, 0.15) is 76.7 Å². The van der Waals surface area contributed by atoms with E-state index in [1.807, 2.05) is 0 Å². The van der Waals surface area contributed by atoms with E-state index in [4.69, 9.17) is 29.9 Å². The summed E-state index contributed by atoms with van der Waals surface area (Å²) < 4.78 is 75.5. The number of nitrogens with two attached hydrogens (primary N) is 1. The van der Waals surface area contributed by atoms with E-state index >= 15 is 0 Å². The summed E-state index contributed by atoms with van der Waals surface area (Å²) in [4.78, 5) is -0.611. The van der Waals surface area contributed by atoms with Crippen molar-refractivity contribution in [3.05, 3.63) is 53.1 Å². The van der Waals surface area contributed by atoms with E-state index in [9.17, 15) is 21.9 Å². The van der Waals surface area contributed by atoms with Crippen molar-refractivity contribution in [1.29, 1.82) is 4.78 Å². The number of primary sulfonamides is 1. The van der Waals surface area contributed by atoms with Gasteiger partial charge in [0.25, 0.3) is 0 Å². The second kappa shape index (κ2) is 18.3. The molecule has 0 fully saturated rings. The number of unbranched alkanes of at least 4 members (excludes halogenated alkanes) is 9. The van der Waals surface area contributed by atoms with E-state index in [1.165, 1.54) is 62.8 Å². The van der Waals surface area contributed by atoms with Gasteiger partial charge in [0.05, 0.1) is 16.4 Å². The topological polar surface area (TPSA) is 209 Å². The maximum Gasteiger partial charge on any atom is 0.308 e. The molecule has 45 heavy (non-hydrogen) atoms. The predicted octanol–water partition coefficient (Wildman–Crippen LogP) is 7.40. The first-order valence-corrected chi connectivity index (χ1v) is 19.0. The number of nitrogens with zero attached hydrogens (tertiary/aromatic N) is 2. The van der Waals surface area contributed by atoms with Crippen LogP contribution in [0.5, 0.6) is 5.75 Å². The van der Waals surface area contributed by atoms with Crippen molar-refractivity contribution in [3.8, 4) is 5.75 Å². The van der Waals surface area contributed by atoms with Gasteiger partial charge >= 0.3 is 10.5 Å². The molecule has 0 radical (unpaired) electrons. The Morgan fingerprint density at radius 2 is 1.47 bits per heavy atom. The highest BCUT2D eigenvalue weighted by Crippen LogP contribution is 2.40. The maximum atomic E-state index is 13.2. The molecule has 0 saturated carbocycles. The number of aromatic hydroxyl groups is 1. The molecule has 0 bridgehead atoms. The Balaban J connectivity index is 0.00000166. The molecule has 0 aliphatic rings. The maximum absolute atomic E-state index is 13.2. The van der Waals surface area contributed by atoms with Crippen LogP contribution in [-0.4, -0.2) is 36.9 Å². The summed E-state index contributed by atoms with van der Waals surface area (Å²) in [5.74, 6) is -0.374. The Hall–Kier alpha value is -2.95. The van der Waals surface area contributed by atoms with Gasteiger partial charge in [-0.2, -0.15) is 18.3 Å². The number of fused-ring (bicyclic) bond motifs is 1. The van der Waals surface area contributed by atoms with Crippen LogP contribution in [0.2, 0.25) is 5.02 Å². The smallest absolute Gasteiger partial charge is 0.308 e. The van der Waals surface area contributed by atoms with E-state index in [-0.39, 0.29) is 38.5 Å². The highest BCUT2D eigenvalue weighted by Gasteiger charge is 2.23. The molecule has 5 N–H and O–H groups in total. The van der Waals surface area contributed by atoms with Gasteiger partial charge in [-0.1, -0.05) is 94.5 Å². The fourth-order valence-electron chi connectivity index (χ4n) is 4.67. The largest absolute Gasteiger partial charge is 0.506 e. The van der Waals surface area contributed by atoms with E-state index in [2.05, 4.69) is 21.9 Å². The minimum Gasteiger partial charge on any atom is -0.506 e. The SMILES string of the molecule is CCCCCCCCCCCCNS(=O)(=O)c1cc(N=Nc2ccc(Cl)c(S(N)(=O)=O)c2)c2c(C)cccc2c1O.N=S(=O)=O. The Morgan fingerprint density at radius 3 is 2.04 bits per heavy atom. The predicted molar refractivity (Wildman–Crippen MR) is 176 cm³/mol. The van der Waals surface area contributed by atoms with Crippen LogP contribution in [0.25, 0.3) is 10.8 Å². The molecule has 248 valence electrons. The first-order chi connectivity index (χ1) is 21.2. The number of rotatable bonds is 16. The van der Waals surface area contributed by atoms with Gasteiger partial charge in [0.2, 0.25) is 20.0 Å². The number of hydrogen-bond donors (Lipinski definition) is 4. The first-order valence-electron chi connectivity index (χ1n) is 14.5. The van der Waals surface area contributed by atoms with Gasteiger partial charge < -0.3 is 5.11 Å². The van der Waals surface area contributed by atoms with E-state index in [0.29, 0.717) is 17.2 Å². The molecule has 3 aromatic carbocycles. The van der Waals surface area contributed by atoms with Crippen LogP contribution >= 0.6 is 11.6 Å². The normalized spacial score (nSPS) is 11.9. The third-order valence-electron chi connectivity index (χ3n) is 6.89. The molecule has 0 saturated heterocycles. The summed E-state index contributed by atoms with van der Waals surface area (Å²) in [5, 5.41) is 25.3. The lowest BCUT2D eigenvalue weighted by atomic mass is 10.0. The fraction of sp³-hybridized carbons (Fsp3) is 0.448. The van der Waals surface area contributed by atoms with E-state index in [1.54, 1.807) is 25.1 Å². The van der Waals surface area contributed by atoms with Crippen LogP contribution in [-0.2, 0) is 30.5 Å². The molecule has 0 aliphatic carbocycles. The standard InChI is InChI=1S/C29H39ClN4O5S2.HNO2S/c1-3-4-5-6-7-8-9-10-11-12-18-32-41(38,39)27-20-25(28-21(2)14-13-15-23(28)29(27)35)34-33-22-16-17-24(30)26(19-22)40(31,36)37;1-4(2)3/h13-17,19-20,32,35H,3-12,18H2,1-2H3,(H2,31,36,37);1H. The molecular weight excluding hydrogens is 662 g/mol. The van der Waals surface area contributed by atoms with Crippen molar-refractivity contribution in [3.63, 3.8) is 0 Å². The van der Waals surface area contributed by atoms with Crippen LogP contribution in [0.3, 0.4) is 0 Å². The Bertz CT molecular complexity index is 1810. The second-order valence-corrected chi connectivity index (χ2v) is 14.6. The summed E-state index contributed by atoms with van der Waals surface area (Å²) in [6.07, 6.45) is 11.4. The average Bonchev–Trinajstić information content (AvgIpc) is 2.95. The lowest BCUT2D eigenvalue weighted by Crippen LogP contribution is -2.25. The van der Waals surface area contributed by atoms with E-state index in [0.717, 1.165) is 24.8 Å². The summed E-state index contributed by atoms with van der Waals surface area (Å²) in [6.45, 7) is 4.27. The van der Waals surface area contributed by atoms with Crippen molar-refractivity contribution >= 4 is 64.3 Å². The quantitative estimate of drug-likeness (QED) is 0.0877. The molecule has 0 atom stereocenters. The van der Waals surface area contributed by atoms with Gasteiger partial charge in [-0.05, 0) is 43.2 Å². The van der Waals surface area contributed by atoms with Crippen LogP contribution < -0.4 is 9.86 Å². The van der Waals surface area contributed by atoms with Crippen molar-refractivity contribution in [2.75, 3.05) is 6.54 Å². The molecular formula is C29H40ClN5O7S3. The number of phenols is 1. The van der Waals surface area contributed by atoms with Crippen molar-refractivity contribution < 1.29 is 30.4 Å². The number of azo groups is 1. The first kappa shape index (κ1) is 38.2. The lowest BCUT2D eigenvalue weighted by Gasteiger charge is -2.13. The van der Waals surface area contributed by atoms with Crippen molar-refractivity contribution in [2.45, 2.75) is 87.8 Å². The highest BCUT2D eigenvalue weighted by molar-refractivity contribution is 7.89. The second-order valence-electron chi connectivity index (χ2n) is 10.4. The number of hydrogen-bond acceptors (Lipinski definition) is 10. The molecule has 0 spiro atoms. The van der Waals surface area contributed by atoms with Crippen LogP contribution in [0.4, 0.5) is 11.4 Å². The zero-order valence-corrected chi connectivity index (χ0v) is 28.5. The Kier molecular flexibility index (Phi) is 15.5. The van der Waals surface area contributed by atoms with Gasteiger partial charge in [-0.3, -0.25) is 0 Å². The number of sulfonamides is 2. The number of nitrogens with one attached hydrogen (secondary N) is 2. The Labute approximate surface area is 271 Å². The summed E-state index contributed by atoms with van der Waals surface area (Å²) in [7, 11) is -10.8. The molecule has 12 nitrogen and oxygen atoms in total. The molecule has 0 aromatic heterocycles. The third kappa shape index (κ3) is 12.4. The minimum atomic E-state index is -4.09. The molecule has 3 aromatic rings. The third-order valence-corrected chi connectivity index (χ3v) is 9.76. The molecule has 0 aliphatic heterocycles. The molecule has 16 heteroatoms. The number of halogens is 1. The lowest BCUT2D eigenvalue weighted by molar-refractivity contribution is 0.464. The molecule has 0 unspecified atom stereocenters. The fourth-order valence-corrected chi connectivity index (χ4v) is 6.93. The monoisotopic (exact) mass is 701 g/mol. The molecule has 0 amide bonds. The number of aryl methyl sites for hydroxylation is 1. The minimum absolute atomic E-state index is 0.0563. The van der Waals surface area contributed by atoms with Gasteiger partial charge in [0, 0.05) is 17.3 Å². The number of benzene rings is 3. The van der Waals surface area contributed by atoms with E-state index < -0.39 is 30.5 Å². The summed E-state index contributed by atoms with van der Waals surface area (Å²) in [6, 6.07) is 10.4. The van der Waals surface area contributed by atoms with Gasteiger partial charge in [0.1, 0.15) is 15.5 Å². The zero-order valence-electron chi connectivity index (χ0n) is 25.3. The molecule has 3 rings (SSSR count). The Morgan fingerprint density at radius 1 is 0.889 bits per heavy atom. The van der Waals surface area contributed by atoms with Crippen LogP contribution in [0, 0.1) is 11.7 Å². The zero-order chi connectivity index (χ0) is 33.6. The van der Waals surface area contributed by atoms with Gasteiger partial charge in [0.15, 0.2) is 0 Å². The highest BCUT2D eigenvalue weighted by atomic mass is 35.5.